The van der Waals surface area contributed by atoms with E-state index in [2.05, 4.69) is 0 Å². The Hall–Kier alpha value is -2.10. The van der Waals surface area contributed by atoms with Crippen LogP contribution in [0.5, 0.6) is 0 Å². The maximum Gasteiger partial charge on any atom is 0.328 e. The SMILES string of the molecule is Nc1ccccc1C(=O)/C=C/C(=O)O. The summed E-state index contributed by atoms with van der Waals surface area (Å²) < 4.78 is 0. The average Bonchev–Trinajstić information content (AvgIpc) is 2.15. The Morgan fingerprint density at radius 3 is 2.43 bits per heavy atom. The van der Waals surface area contributed by atoms with Gasteiger partial charge in [0.25, 0.3) is 0 Å². The number of para-hydroxylation sites is 1. The average molecular weight is 191 g/mol. The van der Waals surface area contributed by atoms with E-state index in [1.807, 2.05) is 0 Å². The fourth-order valence-corrected chi connectivity index (χ4v) is 0.958. The van der Waals surface area contributed by atoms with Crippen molar-refractivity contribution in [2.24, 2.45) is 0 Å². The van der Waals surface area contributed by atoms with Crippen LogP contribution < -0.4 is 5.73 Å². The summed E-state index contributed by atoms with van der Waals surface area (Å²) in [6, 6.07) is 6.50. The number of anilines is 1. The molecule has 0 saturated carbocycles. The van der Waals surface area contributed by atoms with Gasteiger partial charge in [-0.15, -0.1) is 0 Å². The molecule has 14 heavy (non-hydrogen) atoms. The molecule has 0 radical (unpaired) electrons. The molecule has 4 nitrogen and oxygen atoms in total. The zero-order chi connectivity index (χ0) is 10.6. The maximum atomic E-state index is 11.3. The number of allylic oxidation sites excluding steroid dienone is 1. The molecule has 0 aromatic heterocycles. The molecule has 1 aromatic carbocycles. The highest BCUT2D eigenvalue weighted by atomic mass is 16.4. The zero-order valence-electron chi connectivity index (χ0n) is 7.31. The summed E-state index contributed by atoms with van der Waals surface area (Å²) in [6.07, 6.45) is 1.77. The summed E-state index contributed by atoms with van der Waals surface area (Å²) in [6.45, 7) is 0. The smallest absolute Gasteiger partial charge is 0.328 e. The molecule has 1 aromatic rings. The molecule has 0 fully saturated rings. The van der Waals surface area contributed by atoms with Gasteiger partial charge in [-0.2, -0.15) is 0 Å². The van der Waals surface area contributed by atoms with Gasteiger partial charge < -0.3 is 10.8 Å². The monoisotopic (exact) mass is 191 g/mol. The van der Waals surface area contributed by atoms with Crippen molar-refractivity contribution in [3.8, 4) is 0 Å². The summed E-state index contributed by atoms with van der Waals surface area (Å²) in [7, 11) is 0. The fraction of sp³-hybridized carbons (Fsp3) is 0. The predicted molar refractivity (Wildman–Crippen MR) is 52.0 cm³/mol. The van der Waals surface area contributed by atoms with E-state index in [1.54, 1.807) is 24.3 Å². The number of ketones is 1. The number of carboxylic acids is 1. The van der Waals surface area contributed by atoms with E-state index < -0.39 is 11.8 Å². The van der Waals surface area contributed by atoms with Gasteiger partial charge >= 0.3 is 5.97 Å². The number of benzene rings is 1. The zero-order valence-corrected chi connectivity index (χ0v) is 7.31. The van der Waals surface area contributed by atoms with Crippen molar-refractivity contribution in [3.63, 3.8) is 0 Å². The first-order valence-electron chi connectivity index (χ1n) is 3.91. The van der Waals surface area contributed by atoms with Crippen molar-refractivity contribution in [3.05, 3.63) is 42.0 Å². The highest BCUT2D eigenvalue weighted by Gasteiger charge is 2.05. The first-order valence-corrected chi connectivity index (χ1v) is 3.91. The van der Waals surface area contributed by atoms with Crippen LogP contribution in [0, 0.1) is 0 Å². The standard InChI is InChI=1S/C10H9NO3/c11-8-4-2-1-3-7(8)9(12)5-6-10(13)14/h1-6H,11H2,(H,13,14)/b6-5+. The third kappa shape index (κ3) is 2.45. The van der Waals surface area contributed by atoms with E-state index in [4.69, 9.17) is 10.8 Å². The van der Waals surface area contributed by atoms with Crippen LogP contribution >= 0.6 is 0 Å². The van der Waals surface area contributed by atoms with Crippen LogP contribution in [-0.4, -0.2) is 16.9 Å². The minimum atomic E-state index is -1.16. The van der Waals surface area contributed by atoms with E-state index in [0.29, 0.717) is 11.3 Å². The van der Waals surface area contributed by atoms with E-state index in [1.165, 1.54) is 0 Å². The third-order valence-corrected chi connectivity index (χ3v) is 1.60. The molecule has 72 valence electrons. The van der Waals surface area contributed by atoms with E-state index in [0.717, 1.165) is 12.2 Å². The molecule has 0 spiro atoms. The number of rotatable bonds is 3. The highest BCUT2D eigenvalue weighted by molar-refractivity contribution is 6.09. The minimum Gasteiger partial charge on any atom is -0.478 e. The topological polar surface area (TPSA) is 80.4 Å². The predicted octanol–water partition coefficient (Wildman–Crippen LogP) is 1.09. The summed E-state index contributed by atoms with van der Waals surface area (Å²) in [5.74, 6) is -1.57. The Morgan fingerprint density at radius 2 is 1.86 bits per heavy atom. The van der Waals surface area contributed by atoms with Crippen LogP contribution in [-0.2, 0) is 4.79 Å². The van der Waals surface area contributed by atoms with Gasteiger partial charge in [0, 0.05) is 17.3 Å². The van der Waals surface area contributed by atoms with Gasteiger partial charge in [-0.1, -0.05) is 12.1 Å². The quantitative estimate of drug-likeness (QED) is 0.425. The lowest BCUT2D eigenvalue weighted by atomic mass is 10.1. The lowest BCUT2D eigenvalue weighted by molar-refractivity contribution is -0.131. The summed E-state index contributed by atoms with van der Waals surface area (Å²) in [5, 5.41) is 8.31. The first-order chi connectivity index (χ1) is 6.61. The van der Waals surface area contributed by atoms with Crippen LogP contribution in [0.25, 0.3) is 0 Å². The lowest BCUT2D eigenvalue weighted by Crippen LogP contribution is -2.01. The molecule has 0 bridgehead atoms. The second kappa shape index (κ2) is 4.23. The molecule has 0 aliphatic carbocycles. The van der Waals surface area contributed by atoms with Crippen LogP contribution in [0.15, 0.2) is 36.4 Å². The number of carbonyl (C=O) groups is 2. The highest BCUT2D eigenvalue weighted by Crippen LogP contribution is 2.11. The van der Waals surface area contributed by atoms with Gasteiger partial charge in [-0.25, -0.2) is 4.79 Å². The van der Waals surface area contributed by atoms with E-state index in [9.17, 15) is 9.59 Å². The fourth-order valence-electron chi connectivity index (χ4n) is 0.958. The Morgan fingerprint density at radius 1 is 1.21 bits per heavy atom. The molecule has 0 aliphatic rings. The molecule has 0 heterocycles. The molecular formula is C10H9NO3. The van der Waals surface area contributed by atoms with E-state index in [-0.39, 0.29) is 0 Å². The van der Waals surface area contributed by atoms with Gasteiger partial charge in [-0.3, -0.25) is 4.79 Å². The molecule has 0 aliphatic heterocycles. The van der Waals surface area contributed by atoms with Crippen LogP contribution in [0.1, 0.15) is 10.4 Å². The molecular weight excluding hydrogens is 182 g/mol. The van der Waals surface area contributed by atoms with Gasteiger partial charge in [0.15, 0.2) is 5.78 Å². The van der Waals surface area contributed by atoms with Crippen molar-refractivity contribution in [1.29, 1.82) is 0 Å². The molecule has 0 atom stereocenters. The summed E-state index contributed by atoms with van der Waals surface area (Å²) in [4.78, 5) is 21.5. The number of nitrogen functional groups attached to an aromatic ring is 1. The lowest BCUT2D eigenvalue weighted by Gasteiger charge is -1.99. The second-order valence-corrected chi connectivity index (χ2v) is 2.62. The van der Waals surface area contributed by atoms with Gasteiger partial charge in [0.2, 0.25) is 0 Å². The molecule has 0 unspecified atom stereocenters. The first kappa shape index (κ1) is 9.98. The number of nitrogens with two attached hydrogens (primary N) is 1. The van der Waals surface area contributed by atoms with Gasteiger partial charge in [0.1, 0.15) is 0 Å². The third-order valence-electron chi connectivity index (χ3n) is 1.60. The summed E-state index contributed by atoms with van der Waals surface area (Å²) >= 11 is 0. The normalized spacial score (nSPS) is 10.3. The Kier molecular flexibility index (Phi) is 3.01. The Bertz CT molecular complexity index is 396. The van der Waals surface area contributed by atoms with Crippen molar-refractivity contribution in [2.45, 2.75) is 0 Å². The number of hydrogen-bond donors (Lipinski definition) is 2. The summed E-state index contributed by atoms with van der Waals surface area (Å²) in [5.41, 5.74) is 6.18. The van der Waals surface area contributed by atoms with Gasteiger partial charge in [0.05, 0.1) is 0 Å². The number of carboxylic acid groups (broad SMARTS) is 1. The Balaban J connectivity index is 2.91. The second-order valence-electron chi connectivity index (χ2n) is 2.62. The maximum absolute atomic E-state index is 11.3. The molecule has 0 amide bonds. The number of aliphatic carboxylic acids is 1. The van der Waals surface area contributed by atoms with Gasteiger partial charge in [-0.05, 0) is 18.2 Å². The van der Waals surface area contributed by atoms with Crippen LogP contribution in [0.4, 0.5) is 5.69 Å². The molecule has 3 N–H and O–H groups in total. The number of carbonyl (C=O) groups excluding carboxylic acids is 1. The van der Waals surface area contributed by atoms with Crippen LogP contribution in [0.2, 0.25) is 0 Å². The van der Waals surface area contributed by atoms with Crippen molar-refractivity contribution >= 4 is 17.4 Å². The molecule has 0 saturated heterocycles. The molecule has 4 heteroatoms. The molecule has 1 rings (SSSR count). The Labute approximate surface area is 80.7 Å². The van der Waals surface area contributed by atoms with Crippen molar-refractivity contribution < 1.29 is 14.7 Å². The largest absolute Gasteiger partial charge is 0.478 e. The number of hydrogen-bond acceptors (Lipinski definition) is 3. The van der Waals surface area contributed by atoms with E-state index >= 15 is 0 Å². The minimum absolute atomic E-state index is 0.310. The van der Waals surface area contributed by atoms with Crippen LogP contribution in [0.3, 0.4) is 0 Å². The van der Waals surface area contributed by atoms with Crippen molar-refractivity contribution in [2.75, 3.05) is 5.73 Å². The van der Waals surface area contributed by atoms with Crippen molar-refractivity contribution in [1.82, 2.24) is 0 Å².